The number of nitrogens with one attached hydrogen (secondary N) is 1. The molecule has 0 aromatic heterocycles. The van der Waals surface area contributed by atoms with E-state index in [1.54, 1.807) is 0 Å². The van der Waals surface area contributed by atoms with Crippen molar-refractivity contribution in [1.29, 1.82) is 0 Å². The van der Waals surface area contributed by atoms with E-state index in [1.807, 2.05) is 0 Å². The quantitative estimate of drug-likeness (QED) is 0.902. The molecule has 120 valence electrons. The first-order chi connectivity index (χ1) is 10.5. The summed E-state index contributed by atoms with van der Waals surface area (Å²) in [5.74, 6) is -1.43. The molecule has 2 fully saturated rings. The number of rotatable bonds is 3. The minimum absolute atomic E-state index is 0.0388. The van der Waals surface area contributed by atoms with E-state index in [0.29, 0.717) is 31.2 Å². The lowest BCUT2D eigenvalue weighted by molar-refractivity contribution is -0.131. The van der Waals surface area contributed by atoms with Crippen molar-refractivity contribution < 1.29 is 18.7 Å². The summed E-state index contributed by atoms with van der Waals surface area (Å²) >= 11 is 0. The standard InChI is InChI=1S/C17H21F2NO2/c18-11-2-7-14(15(19)10-11)17(8-1-9-17)16(22)20-12-3-5-13(21)6-4-12/h2,7,10,12-13,21H,1,3-6,8-9H2,(H,20,22). The van der Waals surface area contributed by atoms with Crippen LogP contribution in [0.25, 0.3) is 0 Å². The molecule has 1 amide bonds. The van der Waals surface area contributed by atoms with Crippen LogP contribution >= 0.6 is 0 Å². The number of amides is 1. The number of benzene rings is 1. The summed E-state index contributed by atoms with van der Waals surface area (Å²) in [6, 6.07) is 3.49. The van der Waals surface area contributed by atoms with E-state index in [1.165, 1.54) is 12.1 Å². The fourth-order valence-corrected chi connectivity index (χ4v) is 3.57. The van der Waals surface area contributed by atoms with Crippen molar-refractivity contribution in [2.45, 2.75) is 62.5 Å². The number of aliphatic hydroxyl groups excluding tert-OH is 1. The molecule has 2 aliphatic rings. The third kappa shape index (κ3) is 2.74. The van der Waals surface area contributed by atoms with Crippen LogP contribution in [0.5, 0.6) is 0 Å². The molecule has 0 bridgehead atoms. The van der Waals surface area contributed by atoms with Crippen molar-refractivity contribution in [3.63, 3.8) is 0 Å². The van der Waals surface area contributed by atoms with E-state index >= 15 is 0 Å². The lowest BCUT2D eigenvalue weighted by atomic mass is 9.63. The molecule has 3 rings (SSSR count). The average molecular weight is 309 g/mol. The predicted molar refractivity (Wildman–Crippen MR) is 78.3 cm³/mol. The van der Waals surface area contributed by atoms with Crippen molar-refractivity contribution >= 4 is 5.91 Å². The molecular formula is C17H21F2NO2. The topological polar surface area (TPSA) is 49.3 Å². The molecule has 2 saturated carbocycles. The molecular weight excluding hydrogens is 288 g/mol. The summed E-state index contributed by atoms with van der Waals surface area (Å²) in [6.45, 7) is 0. The van der Waals surface area contributed by atoms with Crippen LogP contribution in [0, 0.1) is 11.6 Å². The van der Waals surface area contributed by atoms with E-state index in [9.17, 15) is 18.7 Å². The first kappa shape index (κ1) is 15.4. The number of hydrogen-bond acceptors (Lipinski definition) is 2. The number of carbonyl (C=O) groups is 1. The number of hydrogen-bond donors (Lipinski definition) is 2. The van der Waals surface area contributed by atoms with Crippen molar-refractivity contribution in [2.24, 2.45) is 0 Å². The molecule has 2 aliphatic carbocycles. The van der Waals surface area contributed by atoms with E-state index < -0.39 is 17.0 Å². The molecule has 22 heavy (non-hydrogen) atoms. The second-order valence-electron chi connectivity index (χ2n) is 6.54. The summed E-state index contributed by atoms with van der Waals surface area (Å²) in [7, 11) is 0. The molecule has 2 N–H and O–H groups in total. The normalized spacial score (nSPS) is 27.0. The molecule has 5 heteroatoms. The van der Waals surface area contributed by atoms with Crippen LogP contribution in [-0.2, 0) is 10.2 Å². The summed E-state index contributed by atoms with van der Waals surface area (Å²) < 4.78 is 27.2. The summed E-state index contributed by atoms with van der Waals surface area (Å²) in [5, 5.41) is 12.5. The van der Waals surface area contributed by atoms with Gasteiger partial charge in [0.15, 0.2) is 0 Å². The second kappa shape index (κ2) is 5.95. The highest BCUT2D eigenvalue weighted by Crippen LogP contribution is 2.45. The van der Waals surface area contributed by atoms with Crippen molar-refractivity contribution in [3.05, 3.63) is 35.4 Å². The highest BCUT2D eigenvalue weighted by Gasteiger charge is 2.47. The minimum Gasteiger partial charge on any atom is -0.393 e. The molecule has 3 nitrogen and oxygen atoms in total. The molecule has 0 spiro atoms. The summed E-state index contributed by atoms with van der Waals surface area (Å²) in [5.41, 5.74) is -0.554. The van der Waals surface area contributed by atoms with Crippen LogP contribution < -0.4 is 5.32 Å². The predicted octanol–water partition coefficient (Wildman–Crippen LogP) is 2.81. The summed E-state index contributed by atoms with van der Waals surface area (Å²) in [6.07, 6.45) is 4.64. The van der Waals surface area contributed by atoms with Gasteiger partial charge in [-0.3, -0.25) is 4.79 Å². The van der Waals surface area contributed by atoms with Gasteiger partial charge in [-0.25, -0.2) is 8.78 Å². The number of carbonyl (C=O) groups excluding carboxylic acids is 1. The Bertz CT molecular complexity index is 564. The molecule has 0 unspecified atom stereocenters. The lowest BCUT2D eigenvalue weighted by Crippen LogP contribution is -2.53. The van der Waals surface area contributed by atoms with Gasteiger partial charge < -0.3 is 10.4 Å². The van der Waals surface area contributed by atoms with Gasteiger partial charge in [0, 0.05) is 17.7 Å². The maximum Gasteiger partial charge on any atom is 0.230 e. The Morgan fingerprint density at radius 3 is 2.41 bits per heavy atom. The van der Waals surface area contributed by atoms with Gasteiger partial charge in [0.2, 0.25) is 5.91 Å². The van der Waals surface area contributed by atoms with Gasteiger partial charge in [-0.05, 0) is 44.6 Å². The molecule has 0 atom stereocenters. The summed E-state index contributed by atoms with van der Waals surface area (Å²) in [4.78, 5) is 12.7. The lowest BCUT2D eigenvalue weighted by Gasteiger charge is -2.42. The van der Waals surface area contributed by atoms with Gasteiger partial charge in [-0.15, -0.1) is 0 Å². The van der Waals surface area contributed by atoms with E-state index in [2.05, 4.69) is 5.32 Å². The fourth-order valence-electron chi connectivity index (χ4n) is 3.57. The fraction of sp³-hybridized carbons (Fsp3) is 0.588. The first-order valence-corrected chi connectivity index (χ1v) is 7.96. The Kier molecular flexibility index (Phi) is 4.17. The Labute approximate surface area is 128 Å². The monoisotopic (exact) mass is 309 g/mol. The molecule has 0 saturated heterocycles. The van der Waals surface area contributed by atoms with E-state index in [-0.39, 0.29) is 18.1 Å². The van der Waals surface area contributed by atoms with Gasteiger partial charge in [-0.2, -0.15) is 0 Å². The zero-order chi connectivity index (χ0) is 15.7. The first-order valence-electron chi connectivity index (χ1n) is 7.96. The van der Waals surface area contributed by atoms with Gasteiger partial charge in [0.05, 0.1) is 11.5 Å². The maximum absolute atomic E-state index is 14.1. The van der Waals surface area contributed by atoms with Crippen LogP contribution in [0.2, 0.25) is 0 Å². The Morgan fingerprint density at radius 2 is 1.86 bits per heavy atom. The third-order valence-electron chi connectivity index (χ3n) is 5.12. The van der Waals surface area contributed by atoms with Gasteiger partial charge in [0.25, 0.3) is 0 Å². The Morgan fingerprint density at radius 1 is 1.18 bits per heavy atom. The van der Waals surface area contributed by atoms with Gasteiger partial charge in [0.1, 0.15) is 11.6 Å². The maximum atomic E-state index is 14.1. The Balaban J connectivity index is 1.76. The van der Waals surface area contributed by atoms with Crippen LogP contribution in [0.15, 0.2) is 18.2 Å². The minimum atomic E-state index is -0.853. The second-order valence-corrected chi connectivity index (χ2v) is 6.54. The molecule has 0 heterocycles. The highest BCUT2D eigenvalue weighted by atomic mass is 19.1. The Hall–Kier alpha value is -1.49. The van der Waals surface area contributed by atoms with Crippen LogP contribution in [0.4, 0.5) is 8.78 Å². The number of aliphatic hydroxyl groups is 1. The third-order valence-corrected chi connectivity index (χ3v) is 5.12. The average Bonchev–Trinajstić information content (AvgIpc) is 2.42. The smallest absolute Gasteiger partial charge is 0.230 e. The molecule has 0 aliphatic heterocycles. The van der Waals surface area contributed by atoms with Crippen LogP contribution in [-0.4, -0.2) is 23.2 Å². The van der Waals surface area contributed by atoms with Gasteiger partial charge in [-0.1, -0.05) is 12.5 Å². The van der Waals surface area contributed by atoms with Crippen molar-refractivity contribution in [1.82, 2.24) is 5.32 Å². The van der Waals surface area contributed by atoms with Crippen molar-refractivity contribution in [3.8, 4) is 0 Å². The van der Waals surface area contributed by atoms with Gasteiger partial charge >= 0.3 is 0 Å². The zero-order valence-electron chi connectivity index (χ0n) is 12.4. The molecule has 0 radical (unpaired) electrons. The highest BCUT2D eigenvalue weighted by molar-refractivity contribution is 5.89. The van der Waals surface area contributed by atoms with E-state index in [0.717, 1.165) is 25.3 Å². The largest absolute Gasteiger partial charge is 0.393 e. The van der Waals surface area contributed by atoms with Crippen molar-refractivity contribution in [2.75, 3.05) is 0 Å². The molecule has 1 aromatic rings. The molecule has 1 aromatic carbocycles. The SMILES string of the molecule is O=C(NC1CCC(O)CC1)C1(c2ccc(F)cc2F)CCC1. The number of halogens is 2. The zero-order valence-corrected chi connectivity index (χ0v) is 12.4. The van der Waals surface area contributed by atoms with Crippen LogP contribution in [0.3, 0.4) is 0 Å². The van der Waals surface area contributed by atoms with E-state index in [4.69, 9.17) is 0 Å². The van der Waals surface area contributed by atoms with Crippen LogP contribution in [0.1, 0.15) is 50.5 Å².